The lowest BCUT2D eigenvalue weighted by atomic mass is 9.82. The van der Waals surface area contributed by atoms with Gasteiger partial charge in [0.2, 0.25) is 0 Å². The molecular formula is C30H24F3N. The first kappa shape index (κ1) is 22.1. The number of rotatable bonds is 2. The first-order chi connectivity index (χ1) is 16.1. The summed E-state index contributed by atoms with van der Waals surface area (Å²) in [7, 11) is 0. The molecule has 5 aromatic rings. The number of pyridine rings is 1. The van der Waals surface area contributed by atoms with Crippen LogP contribution in [0.1, 0.15) is 31.9 Å². The van der Waals surface area contributed by atoms with Crippen molar-refractivity contribution < 1.29 is 13.2 Å². The highest BCUT2D eigenvalue weighted by Crippen LogP contribution is 2.36. The molecule has 0 fully saturated rings. The maximum Gasteiger partial charge on any atom is 0.416 e. The molecule has 1 aromatic heterocycles. The van der Waals surface area contributed by atoms with Gasteiger partial charge in [0.15, 0.2) is 0 Å². The second kappa shape index (κ2) is 7.98. The Morgan fingerprint density at radius 2 is 1.29 bits per heavy atom. The van der Waals surface area contributed by atoms with E-state index in [1.807, 2.05) is 30.3 Å². The Balaban J connectivity index is 1.59. The van der Waals surface area contributed by atoms with Gasteiger partial charge in [0, 0.05) is 11.8 Å². The molecule has 4 heteroatoms. The second-order valence-electron chi connectivity index (χ2n) is 9.70. The zero-order valence-electron chi connectivity index (χ0n) is 19.2. The van der Waals surface area contributed by atoms with E-state index in [4.69, 9.17) is 0 Å². The van der Waals surface area contributed by atoms with E-state index in [1.54, 1.807) is 12.3 Å². The van der Waals surface area contributed by atoms with Gasteiger partial charge in [-0.15, -0.1) is 0 Å². The molecule has 0 aliphatic carbocycles. The monoisotopic (exact) mass is 455 g/mol. The normalized spacial score (nSPS) is 12.4. The summed E-state index contributed by atoms with van der Waals surface area (Å²) < 4.78 is 39.2. The summed E-state index contributed by atoms with van der Waals surface area (Å²) in [6.07, 6.45) is -2.56. The van der Waals surface area contributed by atoms with Crippen LogP contribution in [0.25, 0.3) is 43.9 Å². The molecular weight excluding hydrogens is 431 g/mol. The van der Waals surface area contributed by atoms with E-state index in [9.17, 15) is 13.2 Å². The van der Waals surface area contributed by atoms with Crippen molar-refractivity contribution in [1.29, 1.82) is 0 Å². The van der Waals surface area contributed by atoms with Crippen LogP contribution in [0.4, 0.5) is 13.2 Å². The number of benzene rings is 4. The largest absolute Gasteiger partial charge is 0.416 e. The number of halogens is 3. The van der Waals surface area contributed by atoms with Crippen LogP contribution >= 0.6 is 0 Å². The lowest BCUT2D eigenvalue weighted by Crippen LogP contribution is -2.12. The van der Waals surface area contributed by atoms with Crippen molar-refractivity contribution in [3.05, 3.63) is 102 Å². The van der Waals surface area contributed by atoms with E-state index in [0.29, 0.717) is 5.39 Å². The number of alkyl halides is 3. The van der Waals surface area contributed by atoms with Crippen molar-refractivity contribution in [2.24, 2.45) is 0 Å². The minimum absolute atomic E-state index is 0.0269. The lowest BCUT2D eigenvalue weighted by Gasteiger charge is -2.22. The maximum atomic E-state index is 13.1. The molecule has 0 atom stereocenters. The summed E-state index contributed by atoms with van der Waals surface area (Å²) in [5.41, 5.74) is 4.41. The number of nitrogens with zero attached hydrogens (tertiary/aromatic N) is 1. The standard InChI is InChI=1S/C30H24F3N/c1-29(2,3)27-17-24(15-23-6-4-5-7-26(23)27)28-18-22(12-13-34-28)19-8-9-21-16-25(30(31,32)33)11-10-20(21)14-19/h4-18H,1-3H3. The van der Waals surface area contributed by atoms with Gasteiger partial charge in [-0.1, -0.05) is 63.2 Å². The highest BCUT2D eigenvalue weighted by molar-refractivity contribution is 5.92. The fraction of sp³-hybridized carbons (Fsp3) is 0.167. The van der Waals surface area contributed by atoms with E-state index >= 15 is 0 Å². The van der Waals surface area contributed by atoms with E-state index in [1.165, 1.54) is 28.5 Å². The first-order valence-electron chi connectivity index (χ1n) is 11.2. The fourth-order valence-electron chi connectivity index (χ4n) is 4.45. The van der Waals surface area contributed by atoms with Crippen molar-refractivity contribution in [3.63, 3.8) is 0 Å². The van der Waals surface area contributed by atoms with Crippen LogP contribution in [0.3, 0.4) is 0 Å². The predicted molar refractivity (Wildman–Crippen MR) is 134 cm³/mol. The Hall–Kier alpha value is -3.66. The van der Waals surface area contributed by atoms with E-state index in [0.717, 1.165) is 33.8 Å². The van der Waals surface area contributed by atoms with Crippen LogP contribution in [-0.2, 0) is 11.6 Å². The summed E-state index contributed by atoms with van der Waals surface area (Å²) in [4.78, 5) is 4.64. The topological polar surface area (TPSA) is 12.9 Å². The van der Waals surface area contributed by atoms with Gasteiger partial charge in [-0.2, -0.15) is 13.2 Å². The van der Waals surface area contributed by atoms with E-state index < -0.39 is 11.7 Å². The highest BCUT2D eigenvalue weighted by atomic mass is 19.4. The zero-order valence-corrected chi connectivity index (χ0v) is 19.2. The second-order valence-corrected chi connectivity index (χ2v) is 9.70. The smallest absolute Gasteiger partial charge is 0.256 e. The molecule has 4 aromatic carbocycles. The third kappa shape index (κ3) is 4.16. The molecule has 0 saturated heterocycles. The number of aromatic nitrogens is 1. The SMILES string of the molecule is CC(C)(C)c1cc(-c2cc(-c3ccc4cc(C(F)(F)F)ccc4c3)ccn2)cc2ccccc12. The van der Waals surface area contributed by atoms with Gasteiger partial charge in [0.25, 0.3) is 0 Å². The zero-order chi connectivity index (χ0) is 24.1. The third-order valence-corrected chi connectivity index (χ3v) is 6.23. The molecule has 170 valence electrons. The van der Waals surface area contributed by atoms with Gasteiger partial charge in [-0.25, -0.2) is 0 Å². The molecule has 0 spiro atoms. The van der Waals surface area contributed by atoms with Crippen LogP contribution in [0.2, 0.25) is 0 Å². The van der Waals surface area contributed by atoms with Crippen molar-refractivity contribution in [3.8, 4) is 22.4 Å². The molecule has 0 N–H and O–H groups in total. The summed E-state index contributed by atoms with van der Waals surface area (Å²) >= 11 is 0. The van der Waals surface area contributed by atoms with Gasteiger partial charge in [0.05, 0.1) is 11.3 Å². The first-order valence-corrected chi connectivity index (χ1v) is 11.2. The van der Waals surface area contributed by atoms with Crippen LogP contribution in [0.5, 0.6) is 0 Å². The van der Waals surface area contributed by atoms with Crippen molar-refractivity contribution in [1.82, 2.24) is 4.98 Å². The minimum Gasteiger partial charge on any atom is -0.256 e. The Bertz CT molecular complexity index is 1520. The van der Waals surface area contributed by atoms with Crippen LogP contribution in [0, 0.1) is 0 Å². The van der Waals surface area contributed by atoms with Gasteiger partial charge in [0.1, 0.15) is 0 Å². The van der Waals surface area contributed by atoms with Crippen LogP contribution < -0.4 is 0 Å². The van der Waals surface area contributed by atoms with Gasteiger partial charge < -0.3 is 0 Å². The predicted octanol–water partition coefficient (Wildman–Crippen LogP) is 9.04. The molecule has 0 saturated carbocycles. The molecule has 0 unspecified atom stereocenters. The maximum absolute atomic E-state index is 13.1. The van der Waals surface area contributed by atoms with Gasteiger partial charge in [-0.3, -0.25) is 4.98 Å². The van der Waals surface area contributed by atoms with Gasteiger partial charge in [-0.05, 0) is 86.1 Å². The Morgan fingerprint density at radius 1 is 0.618 bits per heavy atom. The summed E-state index contributed by atoms with van der Waals surface area (Å²) in [5.74, 6) is 0. The average Bonchev–Trinajstić information content (AvgIpc) is 2.81. The van der Waals surface area contributed by atoms with Crippen LogP contribution in [0.15, 0.2) is 91.1 Å². The number of fused-ring (bicyclic) bond motifs is 2. The summed E-state index contributed by atoms with van der Waals surface area (Å²) in [5, 5.41) is 3.74. The van der Waals surface area contributed by atoms with Crippen molar-refractivity contribution >= 4 is 21.5 Å². The molecule has 34 heavy (non-hydrogen) atoms. The minimum atomic E-state index is -4.35. The lowest BCUT2D eigenvalue weighted by molar-refractivity contribution is -0.137. The molecule has 0 bridgehead atoms. The molecule has 5 rings (SSSR count). The summed E-state index contributed by atoms with van der Waals surface area (Å²) in [6.45, 7) is 6.63. The molecule has 1 nitrogen and oxygen atoms in total. The average molecular weight is 456 g/mol. The quantitative estimate of drug-likeness (QED) is 0.259. The molecule has 0 amide bonds. The molecule has 0 aliphatic heterocycles. The number of hydrogen-bond acceptors (Lipinski definition) is 1. The van der Waals surface area contributed by atoms with Gasteiger partial charge >= 0.3 is 6.18 Å². The highest BCUT2D eigenvalue weighted by Gasteiger charge is 2.30. The Morgan fingerprint density at radius 3 is 2.06 bits per heavy atom. The summed E-state index contributed by atoms with van der Waals surface area (Å²) in [6, 6.07) is 26.1. The molecule has 0 aliphatic rings. The Labute approximate surface area is 196 Å². The third-order valence-electron chi connectivity index (χ3n) is 6.23. The molecule has 1 heterocycles. The van der Waals surface area contributed by atoms with E-state index in [2.05, 4.69) is 56.1 Å². The van der Waals surface area contributed by atoms with Crippen molar-refractivity contribution in [2.75, 3.05) is 0 Å². The van der Waals surface area contributed by atoms with Crippen LogP contribution in [-0.4, -0.2) is 4.98 Å². The van der Waals surface area contributed by atoms with Crippen molar-refractivity contribution in [2.45, 2.75) is 32.4 Å². The molecule has 0 radical (unpaired) electrons. The fourth-order valence-corrected chi connectivity index (χ4v) is 4.45. The Kier molecular flexibility index (Phi) is 5.20. The van der Waals surface area contributed by atoms with E-state index in [-0.39, 0.29) is 5.41 Å². The number of hydrogen-bond donors (Lipinski definition) is 0.